The molecule has 1 amide bonds. The van der Waals surface area contributed by atoms with Crippen molar-refractivity contribution in [3.63, 3.8) is 0 Å². The highest BCUT2D eigenvalue weighted by Crippen LogP contribution is 2.30. The van der Waals surface area contributed by atoms with Crippen LogP contribution in [-0.2, 0) is 11.8 Å². The number of benzene rings is 2. The zero-order valence-electron chi connectivity index (χ0n) is 24.1. The van der Waals surface area contributed by atoms with E-state index < -0.39 is 14.2 Å². The highest BCUT2D eigenvalue weighted by atomic mass is 28.3. The summed E-state index contributed by atoms with van der Waals surface area (Å²) in [5.74, 6) is 4.36. The monoisotopic (exact) mass is 556 g/mol. The van der Waals surface area contributed by atoms with Crippen LogP contribution in [0.5, 0.6) is 5.75 Å². The second-order valence-electron chi connectivity index (χ2n) is 11.6. The number of carbonyl (C=O) groups excluding carboxylic acids is 1. The molecule has 0 atom stereocenters. The molecule has 2 heterocycles. The van der Waals surface area contributed by atoms with Crippen LogP contribution >= 0.6 is 0 Å². The molecule has 2 aromatic heterocycles. The van der Waals surface area contributed by atoms with Gasteiger partial charge >= 0.3 is 6.09 Å². The van der Waals surface area contributed by atoms with Crippen molar-refractivity contribution >= 4 is 36.7 Å². The Morgan fingerprint density at radius 1 is 1.05 bits per heavy atom. The van der Waals surface area contributed by atoms with Gasteiger partial charge in [0, 0.05) is 53.2 Å². The molecule has 0 radical (unpaired) electrons. The predicted octanol–water partition coefficient (Wildman–Crippen LogP) is 5.91. The molecule has 2 aromatic carbocycles. The number of ether oxygens (including phenoxy) is 2. The maximum Gasteiger partial charge on any atom is 0.407 e. The summed E-state index contributed by atoms with van der Waals surface area (Å²) in [4.78, 5) is 21.2. The minimum Gasteiger partial charge on any atom is -0.490 e. The number of fused-ring (bicyclic) bond motifs is 1. The van der Waals surface area contributed by atoms with Gasteiger partial charge in [-0.25, -0.2) is 14.8 Å². The first-order valence-corrected chi connectivity index (χ1v) is 16.6. The van der Waals surface area contributed by atoms with E-state index in [-0.39, 0.29) is 18.8 Å². The van der Waals surface area contributed by atoms with Crippen LogP contribution < -0.4 is 15.4 Å². The van der Waals surface area contributed by atoms with E-state index in [9.17, 15) is 4.79 Å². The summed E-state index contributed by atoms with van der Waals surface area (Å²) in [6.07, 6.45) is 5.04. The third-order valence-electron chi connectivity index (χ3n) is 5.42. The SMILES string of the molecule is Cn1cc(-c2cc(Nc3ncc4cc(C#C[Si](C)(C)C)ccc4n3)cc(OCCOC(=O)NC(C)(C)C)c2)cn1. The smallest absolute Gasteiger partial charge is 0.407 e. The maximum atomic E-state index is 11.9. The number of nitrogens with zero attached hydrogens (tertiary/aromatic N) is 4. The lowest BCUT2D eigenvalue weighted by Crippen LogP contribution is -2.41. The first kappa shape index (κ1) is 28.6. The van der Waals surface area contributed by atoms with Gasteiger partial charge in [0.25, 0.3) is 0 Å². The summed E-state index contributed by atoms with van der Waals surface area (Å²) in [7, 11) is 0.409. The van der Waals surface area contributed by atoms with E-state index in [1.165, 1.54) is 0 Å². The molecule has 10 heteroatoms. The van der Waals surface area contributed by atoms with Gasteiger partial charge in [-0.05, 0) is 56.7 Å². The van der Waals surface area contributed by atoms with Crippen molar-refractivity contribution in [3.05, 3.63) is 60.6 Å². The van der Waals surface area contributed by atoms with Crippen LogP contribution in [0.2, 0.25) is 19.6 Å². The number of anilines is 2. The molecule has 0 spiro atoms. The van der Waals surface area contributed by atoms with Gasteiger partial charge in [-0.1, -0.05) is 25.6 Å². The average Bonchev–Trinajstić information content (AvgIpc) is 3.30. The molecule has 208 valence electrons. The Morgan fingerprint density at radius 2 is 1.85 bits per heavy atom. The second kappa shape index (κ2) is 11.8. The summed E-state index contributed by atoms with van der Waals surface area (Å²) < 4.78 is 12.9. The predicted molar refractivity (Wildman–Crippen MR) is 161 cm³/mol. The van der Waals surface area contributed by atoms with E-state index in [2.05, 4.69) is 51.8 Å². The van der Waals surface area contributed by atoms with Gasteiger partial charge in [0.15, 0.2) is 0 Å². The number of aryl methyl sites for hydroxylation is 1. The Balaban J connectivity index is 1.51. The normalized spacial score (nSPS) is 11.5. The van der Waals surface area contributed by atoms with Crippen LogP contribution in [0.25, 0.3) is 22.0 Å². The minimum atomic E-state index is -1.46. The minimum absolute atomic E-state index is 0.111. The molecule has 4 aromatic rings. The first-order chi connectivity index (χ1) is 18.8. The van der Waals surface area contributed by atoms with E-state index in [0.717, 1.165) is 33.3 Å². The molecule has 4 rings (SSSR count). The van der Waals surface area contributed by atoms with Gasteiger partial charge in [0.2, 0.25) is 5.95 Å². The van der Waals surface area contributed by atoms with E-state index in [1.54, 1.807) is 17.1 Å². The lowest BCUT2D eigenvalue weighted by atomic mass is 10.1. The van der Waals surface area contributed by atoms with E-state index in [1.807, 2.05) is 70.4 Å². The van der Waals surface area contributed by atoms with Gasteiger partial charge in [-0.3, -0.25) is 4.68 Å². The molecule has 0 unspecified atom stereocenters. The highest BCUT2D eigenvalue weighted by Gasteiger charge is 2.15. The number of hydrogen-bond donors (Lipinski definition) is 2. The van der Waals surface area contributed by atoms with E-state index in [0.29, 0.717) is 11.7 Å². The summed E-state index contributed by atoms with van der Waals surface area (Å²) in [5, 5.41) is 11.3. The van der Waals surface area contributed by atoms with Crippen molar-refractivity contribution in [3.8, 4) is 28.3 Å². The maximum absolute atomic E-state index is 11.9. The standard InChI is InChI=1S/C30H36N6O3Si/c1-30(2,3)35-29(37)39-12-11-38-26-16-22(24-19-32-36(4)20-24)15-25(17-26)33-28-31-18-23-14-21(8-9-27(23)34-28)10-13-40(5,6)7/h8-9,14-20H,11-12H2,1-7H3,(H,35,37)(H,31,33,34). The van der Waals surface area contributed by atoms with Gasteiger partial charge in [0.1, 0.15) is 27.0 Å². The van der Waals surface area contributed by atoms with Crippen molar-refractivity contribution in [1.82, 2.24) is 25.1 Å². The van der Waals surface area contributed by atoms with Crippen LogP contribution in [0.15, 0.2) is 55.0 Å². The van der Waals surface area contributed by atoms with Gasteiger partial charge in [-0.2, -0.15) is 5.10 Å². The summed E-state index contributed by atoms with van der Waals surface area (Å²) in [5.41, 5.74) is 7.40. The van der Waals surface area contributed by atoms with Crippen molar-refractivity contribution in [2.45, 2.75) is 46.0 Å². The molecular weight excluding hydrogens is 520 g/mol. The molecule has 2 N–H and O–H groups in total. The Bertz CT molecular complexity index is 1570. The Kier molecular flexibility index (Phi) is 8.45. The van der Waals surface area contributed by atoms with Crippen LogP contribution in [-0.4, -0.2) is 52.7 Å². The molecule has 0 aliphatic heterocycles. The zero-order chi connectivity index (χ0) is 28.9. The molecule has 0 fully saturated rings. The molecule has 40 heavy (non-hydrogen) atoms. The number of nitrogens with one attached hydrogen (secondary N) is 2. The first-order valence-electron chi connectivity index (χ1n) is 13.1. The quantitative estimate of drug-likeness (QED) is 0.166. The fourth-order valence-corrected chi connectivity index (χ4v) is 4.21. The fourth-order valence-electron chi connectivity index (χ4n) is 3.69. The van der Waals surface area contributed by atoms with E-state index in [4.69, 9.17) is 14.5 Å². The number of alkyl carbamates (subject to hydrolysis) is 1. The fraction of sp³-hybridized carbons (Fsp3) is 0.333. The largest absolute Gasteiger partial charge is 0.490 e. The number of amides is 1. The topological polar surface area (TPSA) is 103 Å². The number of aromatic nitrogens is 4. The molecule has 0 aliphatic carbocycles. The molecule has 0 aliphatic rings. The number of hydrogen-bond acceptors (Lipinski definition) is 7. The Morgan fingerprint density at radius 3 is 2.55 bits per heavy atom. The molecule has 0 bridgehead atoms. The van der Waals surface area contributed by atoms with Crippen molar-refractivity contribution in [1.29, 1.82) is 0 Å². The second-order valence-corrected chi connectivity index (χ2v) is 16.4. The summed E-state index contributed by atoms with van der Waals surface area (Å²) in [6, 6.07) is 11.7. The van der Waals surface area contributed by atoms with Crippen LogP contribution in [0, 0.1) is 11.5 Å². The molecule has 9 nitrogen and oxygen atoms in total. The van der Waals surface area contributed by atoms with Crippen molar-refractivity contribution < 1.29 is 14.3 Å². The van der Waals surface area contributed by atoms with Gasteiger partial charge in [0.05, 0.1) is 11.7 Å². The lowest BCUT2D eigenvalue weighted by Gasteiger charge is -2.20. The summed E-state index contributed by atoms with van der Waals surface area (Å²) in [6.45, 7) is 12.7. The summed E-state index contributed by atoms with van der Waals surface area (Å²) >= 11 is 0. The molecular formula is C30H36N6O3Si. The van der Waals surface area contributed by atoms with Crippen LogP contribution in [0.1, 0.15) is 26.3 Å². The van der Waals surface area contributed by atoms with Crippen molar-refractivity contribution in [2.75, 3.05) is 18.5 Å². The molecule has 0 saturated heterocycles. The third kappa shape index (κ3) is 8.58. The number of carbonyl (C=O) groups is 1. The zero-order valence-corrected chi connectivity index (χ0v) is 25.1. The van der Waals surface area contributed by atoms with E-state index >= 15 is 0 Å². The Labute approximate surface area is 236 Å². The highest BCUT2D eigenvalue weighted by molar-refractivity contribution is 6.83. The third-order valence-corrected chi connectivity index (χ3v) is 6.30. The Hall–Kier alpha value is -4.36. The van der Waals surface area contributed by atoms with Crippen molar-refractivity contribution in [2.24, 2.45) is 7.05 Å². The van der Waals surface area contributed by atoms with Crippen LogP contribution in [0.3, 0.4) is 0 Å². The van der Waals surface area contributed by atoms with Crippen LogP contribution in [0.4, 0.5) is 16.4 Å². The van der Waals surface area contributed by atoms with Gasteiger partial charge in [-0.15, -0.1) is 5.54 Å². The lowest BCUT2D eigenvalue weighted by molar-refractivity contribution is 0.118. The van der Waals surface area contributed by atoms with Gasteiger partial charge < -0.3 is 20.1 Å². The number of rotatable bonds is 7. The average molecular weight is 557 g/mol. The molecule has 0 saturated carbocycles.